The number of nitrogens with one attached hydrogen (secondary N) is 1. The third-order valence-electron chi connectivity index (χ3n) is 4.17. The van der Waals surface area contributed by atoms with Crippen LogP contribution in [0.2, 0.25) is 0 Å². The second kappa shape index (κ2) is 9.76. The molecule has 0 amide bonds. The van der Waals surface area contributed by atoms with Gasteiger partial charge in [-0.2, -0.15) is 0 Å². The van der Waals surface area contributed by atoms with Crippen LogP contribution < -0.4 is 5.32 Å². The lowest BCUT2D eigenvalue weighted by atomic mass is 10.0. The maximum absolute atomic E-state index is 5.98. The molecule has 1 fully saturated rings. The third kappa shape index (κ3) is 6.17. The van der Waals surface area contributed by atoms with Gasteiger partial charge in [-0.05, 0) is 38.4 Å². The van der Waals surface area contributed by atoms with Crippen molar-refractivity contribution in [2.45, 2.75) is 52.6 Å². The highest BCUT2D eigenvalue weighted by atomic mass is 16.5. The summed E-state index contributed by atoms with van der Waals surface area (Å²) in [5, 5.41) is 3.38. The van der Waals surface area contributed by atoms with E-state index >= 15 is 0 Å². The number of piperidine rings is 1. The highest BCUT2D eigenvalue weighted by molar-refractivity contribution is 4.69. The second-order valence-electron chi connectivity index (χ2n) is 5.40. The largest absolute Gasteiger partial charge is 0.377 e. The predicted molar refractivity (Wildman–Crippen MR) is 78.0 cm³/mol. The highest BCUT2D eigenvalue weighted by Gasteiger charge is 2.14. The molecule has 0 aromatic rings. The van der Waals surface area contributed by atoms with E-state index in [0.717, 1.165) is 38.7 Å². The SMILES string of the molecule is CCC(CC)CN(CC)CCOC1CCNCC1. The molecule has 0 saturated carbocycles. The summed E-state index contributed by atoms with van der Waals surface area (Å²) in [6.07, 6.45) is 5.44. The van der Waals surface area contributed by atoms with E-state index in [1.807, 2.05) is 0 Å². The molecular formula is C15H32N2O. The van der Waals surface area contributed by atoms with Crippen LogP contribution >= 0.6 is 0 Å². The Hall–Kier alpha value is -0.120. The van der Waals surface area contributed by atoms with Gasteiger partial charge >= 0.3 is 0 Å². The summed E-state index contributed by atoms with van der Waals surface area (Å²) >= 11 is 0. The zero-order valence-electron chi connectivity index (χ0n) is 12.6. The van der Waals surface area contributed by atoms with E-state index in [4.69, 9.17) is 4.74 Å². The van der Waals surface area contributed by atoms with Gasteiger partial charge in [-0.3, -0.25) is 0 Å². The standard InChI is InChI=1S/C15H32N2O/c1-4-14(5-2)13-17(6-3)11-12-18-15-7-9-16-10-8-15/h14-16H,4-13H2,1-3H3. The highest BCUT2D eigenvalue weighted by Crippen LogP contribution is 2.10. The fourth-order valence-electron chi connectivity index (χ4n) is 2.60. The molecule has 0 spiro atoms. The summed E-state index contributed by atoms with van der Waals surface area (Å²) in [4.78, 5) is 2.54. The Labute approximate surface area is 113 Å². The van der Waals surface area contributed by atoms with E-state index in [0.29, 0.717) is 6.10 Å². The minimum atomic E-state index is 0.498. The first-order valence-electron chi connectivity index (χ1n) is 7.84. The van der Waals surface area contributed by atoms with E-state index in [1.54, 1.807) is 0 Å². The van der Waals surface area contributed by atoms with Crippen molar-refractivity contribution >= 4 is 0 Å². The third-order valence-corrected chi connectivity index (χ3v) is 4.17. The molecule has 1 heterocycles. The van der Waals surface area contributed by atoms with Gasteiger partial charge in [0.05, 0.1) is 12.7 Å². The van der Waals surface area contributed by atoms with Crippen LogP contribution in [0.4, 0.5) is 0 Å². The van der Waals surface area contributed by atoms with Crippen LogP contribution in [-0.4, -0.2) is 50.3 Å². The molecule has 1 N–H and O–H groups in total. The first kappa shape index (κ1) is 15.9. The van der Waals surface area contributed by atoms with E-state index in [1.165, 1.54) is 32.2 Å². The number of hydrogen-bond acceptors (Lipinski definition) is 3. The minimum Gasteiger partial charge on any atom is -0.377 e. The molecule has 0 unspecified atom stereocenters. The zero-order valence-corrected chi connectivity index (χ0v) is 12.6. The van der Waals surface area contributed by atoms with Gasteiger partial charge in [-0.1, -0.05) is 33.6 Å². The van der Waals surface area contributed by atoms with Gasteiger partial charge in [0.15, 0.2) is 0 Å². The molecule has 1 saturated heterocycles. The second-order valence-corrected chi connectivity index (χ2v) is 5.40. The number of hydrogen-bond donors (Lipinski definition) is 1. The molecule has 108 valence electrons. The molecule has 0 radical (unpaired) electrons. The van der Waals surface area contributed by atoms with Crippen LogP contribution in [-0.2, 0) is 4.74 Å². The molecule has 0 atom stereocenters. The molecule has 3 nitrogen and oxygen atoms in total. The monoisotopic (exact) mass is 256 g/mol. The summed E-state index contributed by atoms with van der Waals surface area (Å²) < 4.78 is 5.98. The summed E-state index contributed by atoms with van der Waals surface area (Å²) in [6, 6.07) is 0. The average molecular weight is 256 g/mol. The van der Waals surface area contributed by atoms with Gasteiger partial charge in [-0.25, -0.2) is 0 Å². The van der Waals surface area contributed by atoms with Crippen molar-refractivity contribution < 1.29 is 4.74 Å². The van der Waals surface area contributed by atoms with Crippen LogP contribution in [0.25, 0.3) is 0 Å². The minimum absolute atomic E-state index is 0.498. The number of ether oxygens (including phenoxy) is 1. The Morgan fingerprint density at radius 1 is 1.17 bits per heavy atom. The molecule has 0 aliphatic carbocycles. The summed E-state index contributed by atoms with van der Waals surface area (Å²) in [5.41, 5.74) is 0. The Bertz CT molecular complexity index is 189. The summed E-state index contributed by atoms with van der Waals surface area (Å²) in [7, 11) is 0. The molecule has 1 aliphatic rings. The van der Waals surface area contributed by atoms with E-state index in [2.05, 4.69) is 31.0 Å². The zero-order chi connectivity index (χ0) is 13.2. The summed E-state index contributed by atoms with van der Waals surface area (Å²) in [6.45, 7) is 13.5. The van der Waals surface area contributed by atoms with E-state index in [-0.39, 0.29) is 0 Å². The maximum atomic E-state index is 5.98. The molecule has 0 aromatic heterocycles. The van der Waals surface area contributed by atoms with Gasteiger partial charge in [0.1, 0.15) is 0 Å². The predicted octanol–water partition coefficient (Wildman–Crippen LogP) is 2.51. The fraction of sp³-hybridized carbons (Fsp3) is 1.00. The Morgan fingerprint density at radius 2 is 1.83 bits per heavy atom. The van der Waals surface area contributed by atoms with Gasteiger partial charge in [0, 0.05) is 13.1 Å². The molecule has 18 heavy (non-hydrogen) atoms. The topological polar surface area (TPSA) is 24.5 Å². The van der Waals surface area contributed by atoms with E-state index in [9.17, 15) is 0 Å². The average Bonchev–Trinajstić information content (AvgIpc) is 2.44. The molecule has 1 rings (SSSR count). The summed E-state index contributed by atoms with van der Waals surface area (Å²) in [5.74, 6) is 0.851. The maximum Gasteiger partial charge on any atom is 0.0600 e. The first-order valence-corrected chi connectivity index (χ1v) is 7.84. The molecule has 3 heteroatoms. The van der Waals surface area contributed by atoms with E-state index < -0.39 is 0 Å². The van der Waals surface area contributed by atoms with Crippen LogP contribution in [0, 0.1) is 5.92 Å². The quantitative estimate of drug-likeness (QED) is 0.686. The van der Waals surface area contributed by atoms with Crippen LogP contribution in [0.5, 0.6) is 0 Å². The van der Waals surface area contributed by atoms with Gasteiger partial charge in [0.25, 0.3) is 0 Å². The van der Waals surface area contributed by atoms with Gasteiger partial charge < -0.3 is 15.0 Å². The van der Waals surface area contributed by atoms with Crippen molar-refractivity contribution in [1.82, 2.24) is 10.2 Å². The normalized spacial score (nSPS) is 17.8. The van der Waals surface area contributed by atoms with Gasteiger partial charge in [-0.15, -0.1) is 0 Å². The lowest BCUT2D eigenvalue weighted by Crippen LogP contribution is -2.36. The smallest absolute Gasteiger partial charge is 0.0600 e. The van der Waals surface area contributed by atoms with Crippen molar-refractivity contribution in [3.05, 3.63) is 0 Å². The van der Waals surface area contributed by atoms with Crippen LogP contribution in [0.1, 0.15) is 46.5 Å². The molecule has 1 aliphatic heterocycles. The van der Waals surface area contributed by atoms with Crippen molar-refractivity contribution in [3.8, 4) is 0 Å². The van der Waals surface area contributed by atoms with Gasteiger partial charge in [0.2, 0.25) is 0 Å². The fourth-order valence-corrected chi connectivity index (χ4v) is 2.60. The van der Waals surface area contributed by atoms with Crippen molar-refractivity contribution in [2.75, 3.05) is 39.3 Å². The molecular weight excluding hydrogens is 224 g/mol. The van der Waals surface area contributed by atoms with Crippen molar-refractivity contribution in [2.24, 2.45) is 5.92 Å². The molecule has 0 aromatic carbocycles. The lowest BCUT2D eigenvalue weighted by Gasteiger charge is -2.27. The Balaban J connectivity index is 2.13. The Kier molecular flexibility index (Phi) is 8.64. The van der Waals surface area contributed by atoms with Crippen LogP contribution in [0.3, 0.4) is 0 Å². The molecule has 0 bridgehead atoms. The van der Waals surface area contributed by atoms with Crippen molar-refractivity contribution in [1.29, 1.82) is 0 Å². The Morgan fingerprint density at radius 3 is 2.39 bits per heavy atom. The number of nitrogens with zero attached hydrogens (tertiary/aromatic N) is 1. The lowest BCUT2D eigenvalue weighted by molar-refractivity contribution is 0.0187. The number of rotatable bonds is 9. The first-order chi connectivity index (χ1) is 8.80. The van der Waals surface area contributed by atoms with Crippen LogP contribution in [0.15, 0.2) is 0 Å². The number of likely N-dealkylation sites (N-methyl/N-ethyl adjacent to an activating group) is 1. The van der Waals surface area contributed by atoms with Crippen molar-refractivity contribution in [3.63, 3.8) is 0 Å².